The van der Waals surface area contributed by atoms with Crippen LogP contribution >= 0.6 is 11.6 Å². The van der Waals surface area contributed by atoms with E-state index < -0.39 is 15.7 Å². The smallest absolute Gasteiger partial charge is 0.152 e. The van der Waals surface area contributed by atoms with Crippen molar-refractivity contribution in [3.63, 3.8) is 0 Å². The lowest BCUT2D eigenvalue weighted by molar-refractivity contribution is 0.602. The molecule has 23 heavy (non-hydrogen) atoms. The Morgan fingerprint density at radius 3 is 2.70 bits per heavy atom. The van der Waals surface area contributed by atoms with E-state index in [9.17, 15) is 12.8 Å². The highest BCUT2D eigenvalue weighted by Gasteiger charge is 2.27. The average molecular weight is 357 g/mol. The molecule has 1 unspecified atom stereocenters. The Kier molecular flexibility index (Phi) is 4.36. The van der Waals surface area contributed by atoms with Crippen LogP contribution in [-0.2, 0) is 9.84 Å². The second kappa shape index (κ2) is 6.29. The molecule has 9 heteroatoms. The van der Waals surface area contributed by atoms with E-state index in [1.165, 1.54) is 18.5 Å². The van der Waals surface area contributed by atoms with Gasteiger partial charge in [0.2, 0.25) is 0 Å². The number of benzene rings is 1. The Morgan fingerprint density at radius 2 is 2.00 bits per heavy atom. The first-order chi connectivity index (χ1) is 10.9. The van der Waals surface area contributed by atoms with Gasteiger partial charge in [-0.25, -0.2) is 22.8 Å². The van der Waals surface area contributed by atoms with Crippen LogP contribution in [0.25, 0.3) is 0 Å². The van der Waals surface area contributed by atoms with Crippen molar-refractivity contribution in [2.24, 2.45) is 0 Å². The minimum atomic E-state index is -2.95. The standard InChI is InChI=1S/C14H14ClFN4O2S/c15-11-5-9(1-2-12(11)16)19-13-6-14(18-8-17-13)20-10-3-4-23(21,22)7-10/h1-2,5-6,8,10H,3-4,7H2,(H2,17,18,19,20). The first-order valence-electron chi connectivity index (χ1n) is 6.92. The number of hydrogen-bond acceptors (Lipinski definition) is 6. The summed E-state index contributed by atoms with van der Waals surface area (Å²) >= 11 is 5.73. The van der Waals surface area contributed by atoms with Crippen LogP contribution in [0.5, 0.6) is 0 Å². The molecule has 122 valence electrons. The van der Waals surface area contributed by atoms with Gasteiger partial charge in [0.1, 0.15) is 23.8 Å². The van der Waals surface area contributed by atoms with E-state index in [4.69, 9.17) is 11.6 Å². The highest BCUT2D eigenvalue weighted by atomic mass is 35.5. The van der Waals surface area contributed by atoms with Crippen molar-refractivity contribution in [1.29, 1.82) is 0 Å². The summed E-state index contributed by atoms with van der Waals surface area (Å²) in [6, 6.07) is 5.76. The highest BCUT2D eigenvalue weighted by molar-refractivity contribution is 7.91. The van der Waals surface area contributed by atoms with Crippen molar-refractivity contribution >= 4 is 38.8 Å². The van der Waals surface area contributed by atoms with E-state index in [0.717, 1.165) is 0 Å². The van der Waals surface area contributed by atoms with Crippen LogP contribution in [0, 0.1) is 5.82 Å². The second-order valence-corrected chi connectivity index (χ2v) is 7.92. The summed E-state index contributed by atoms with van der Waals surface area (Å²) < 4.78 is 36.1. The zero-order valence-corrected chi connectivity index (χ0v) is 13.5. The summed E-state index contributed by atoms with van der Waals surface area (Å²) in [6.45, 7) is 0. The molecule has 1 aromatic heterocycles. The van der Waals surface area contributed by atoms with Gasteiger partial charge in [0.05, 0.1) is 16.5 Å². The second-order valence-electron chi connectivity index (χ2n) is 5.29. The van der Waals surface area contributed by atoms with E-state index in [-0.39, 0.29) is 22.6 Å². The first kappa shape index (κ1) is 15.9. The summed E-state index contributed by atoms with van der Waals surface area (Å²) in [5, 5.41) is 6.09. The fraction of sp³-hybridized carbons (Fsp3) is 0.286. The lowest BCUT2D eigenvalue weighted by atomic mass is 10.2. The average Bonchev–Trinajstić information content (AvgIpc) is 2.82. The summed E-state index contributed by atoms with van der Waals surface area (Å²) in [4.78, 5) is 8.15. The topological polar surface area (TPSA) is 84.0 Å². The number of aromatic nitrogens is 2. The molecule has 0 amide bonds. The lowest BCUT2D eigenvalue weighted by Gasteiger charge is -2.12. The number of hydrogen-bond donors (Lipinski definition) is 2. The maximum Gasteiger partial charge on any atom is 0.152 e. The highest BCUT2D eigenvalue weighted by Crippen LogP contribution is 2.23. The van der Waals surface area contributed by atoms with Gasteiger partial charge in [-0.05, 0) is 24.6 Å². The summed E-state index contributed by atoms with van der Waals surface area (Å²) in [5.74, 6) is 0.816. The Bertz CT molecular complexity index is 831. The minimum absolute atomic E-state index is 0.0126. The van der Waals surface area contributed by atoms with E-state index in [2.05, 4.69) is 20.6 Å². The lowest BCUT2D eigenvalue weighted by Crippen LogP contribution is -2.21. The Balaban J connectivity index is 1.71. The third-order valence-corrected chi connectivity index (χ3v) is 5.50. The molecule has 1 aliphatic rings. The van der Waals surface area contributed by atoms with E-state index in [0.29, 0.717) is 23.7 Å². The molecule has 3 rings (SSSR count). The monoisotopic (exact) mass is 356 g/mol. The van der Waals surface area contributed by atoms with Crippen LogP contribution in [0.3, 0.4) is 0 Å². The summed E-state index contributed by atoms with van der Waals surface area (Å²) in [5.41, 5.74) is 0.587. The number of anilines is 3. The number of sulfone groups is 1. The Morgan fingerprint density at radius 1 is 1.22 bits per heavy atom. The third kappa shape index (κ3) is 4.08. The maximum absolute atomic E-state index is 13.1. The van der Waals surface area contributed by atoms with Gasteiger partial charge in [0.25, 0.3) is 0 Å². The molecule has 2 aromatic rings. The van der Waals surface area contributed by atoms with Gasteiger partial charge < -0.3 is 10.6 Å². The minimum Gasteiger partial charge on any atom is -0.366 e. The Labute approximate surface area is 138 Å². The number of rotatable bonds is 4. The van der Waals surface area contributed by atoms with E-state index >= 15 is 0 Å². The summed E-state index contributed by atoms with van der Waals surface area (Å²) in [7, 11) is -2.95. The van der Waals surface area contributed by atoms with Gasteiger partial charge in [-0.3, -0.25) is 0 Å². The number of nitrogens with one attached hydrogen (secondary N) is 2. The van der Waals surface area contributed by atoms with E-state index in [1.54, 1.807) is 12.1 Å². The molecule has 2 heterocycles. The van der Waals surface area contributed by atoms with Crippen molar-refractivity contribution in [2.45, 2.75) is 12.5 Å². The molecule has 6 nitrogen and oxygen atoms in total. The molecule has 0 saturated carbocycles. The predicted molar refractivity (Wildman–Crippen MR) is 87.4 cm³/mol. The molecular weight excluding hydrogens is 343 g/mol. The van der Waals surface area contributed by atoms with Crippen LogP contribution in [0.4, 0.5) is 21.7 Å². The fourth-order valence-electron chi connectivity index (χ4n) is 2.34. The molecule has 1 aromatic carbocycles. The SMILES string of the molecule is O=S1(=O)CCC(Nc2cc(Nc3ccc(F)c(Cl)c3)ncn2)C1. The van der Waals surface area contributed by atoms with Gasteiger partial charge >= 0.3 is 0 Å². The van der Waals surface area contributed by atoms with Gasteiger partial charge in [-0.15, -0.1) is 0 Å². The van der Waals surface area contributed by atoms with Crippen LogP contribution in [0.2, 0.25) is 5.02 Å². The molecule has 0 spiro atoms. The van der Waals surface area contributed by atoms with Gasteiger partial charge in [-0.1, -0.05) is 11.6 Å². The van der Waals surface area contributed by atoms with Crippen LogP contribution in [0.1, 0.15) is 6.42 Å². The molecule has 1 fully saturated rings. The van der Waals surface area contributed by atoms with E-state index in [1.807, 2.05) is 0 Å². The normalized spacial score (nSPS) is 19.5. The number of nitrogens with zero attached hydrogens (tertiary/aromatic N) is 2. The van der Waals surface area contributed by atoms with Crippen LogP contribution in [-0.4, -0.2) is 35.9 Å². The zero-order valence-electron chi connectivity index (χ0n) is 12.0. The van der Waals surface area contributed by atoms with Gasteiger partial charge in [0, 0.05) is 17.8 Å². The third-order valence-electron chi connectivity index (χ3n) is 3.44. The quantitative estimate of drug-likeness (QED) is 0.876. The van der Waals surface area contributed by atoms with Crippen molar-refractivity contribution in [2.75, 3.05) is 22.1 Å². The Hall–Kier alpha value is -1.93. The maximum atomic E-state index is 13.1. The van der Waals surface area contributed by atoms with Crippen molar-refractivity contribution in [3.05, 3.63) is 41.4 Å². The van der Waals surface area contributed by atoms with Gasteiger partial charge in [0.15, 0.2) is 9.84 Å². The molecule has 0 aliphatic carbocycles. The van der Waals surface area contributed by atoms with Crippen LogP contribution < -0.4 is 10.6 Å². The zero-order chi connectivity index (χ0) is 16.4. The predicted octanol–water partition coefficient (Wildman–Crippen LogP) is 2.61. The molecule has 2 N–H and O–H groups in total. The molecular formula is C14H14ClFN4O2S. The molecule has 1 saturated heterocycles. The van der Waals surface area contributed by atoms with Gasteiger partial charge in [-0.2, -0.15) is 0 Å². The molecule has 1 aliphatic heterocycles. The first-order valence-corrected chi connectivity index (χ1v) is 9.12. The molecule has 0 bridgehead atoms. The van der Waals surface area contributed by atoms with Crippen molar-refractivity contribution in [1.82, 2.24) is 9.97 Å². The largest absolute Gasteiger partial charge is 0.366 e. The van der Waals surface area contributed by atoms with Crippen molar-refractivity contribution in [3.8, 4) is 0 Å². The summed E-state index contributed by atoms with van der Waals surface area (Å²) in [6.07, 6.45) is 1.92. The molecule has 1 atom stereocenters. The van der Waals surface area contributed by atoms with Crippen LogP contribution in [0.15, 0.2) is 30.6 Å². The fourth-order valence-corrected chi connectivity index (χ4v) is 4.20. The number of halogens is 2. The van der Waals surface area contributed by atoms with Crippen molar-refractivity contribution < 1.29 is 12.8 Å². The molecule has 0 radical (unpaired) electrons.